The number of sulfone groups is 1. The van der Waals surface area contributed by atoms with Gasteiger partial charge in [-0.15, -0.1) is 0 Å². The van der Waals surface area contributed by atoms with Gasteiger partial charge in [0.25, 0.3) is 0 Å². The Balaban J connectivity index is 1.88. The molecule has 0 aliphatic carbocycles. The quantitative estimate of drug-likeness (QED) is 0.768. The smallest absolute Gasteiger partial charge is 0.218 e. The van der Waals surface area contributed by atoms with E-state index in [-0.39, 0.29) is 29.8 Å². The molecular weight excluding hydrogens is 319 g/mol. The van der Waals surface area contributed by atoms with Crippen LogP contribution in [0.5, 0.6) is 0 Å². The highest BCUT2D eigenvalue weighted by Crippen LogP contribution is 2.21. The van der Waals surface area contributed by atoms with Gasteiger partial charge in [0.1, 0.15) is 5.82 Å². The molecule has 5 nitrogen and oxygen atoms in total. The minimum absolute atomic E-state index is 0.0277. The van der Waals surface area contributed by atoms with Crippen molar-refractivity contribution in [3.05, 3.63) is 35.6 Å². The highest BCUT2D eigenvalue weighted by atomic mass is 32.2. The molecule has 1 heterocycles. The van der Waals surface area contributed by atoms with Crippen LogP contribution in [0.4, 0.5) is 4.39 Å². The fourth-order valence-corrected chi connectivity index (χ4v) is 4.20. The monoisotopic (exact) mass is 342 g/mol. The Labute approximate surface area is 136 Å². The minimum Gasteiger partial charge on any atom is -0.370 e. The normalized spacial score (nSPS) is 19.1. The number of hydrogen-bond donors (Lipinski definition) is 1. The van der Waals surface area contributed by atoms with Gasteiger partial charge >= 0.3 is 0 Å². The number of rotatable bonds is 8. The minimum atomic E-state index is -3.27. The molecule has 2 rings (SSSR count). The lowest BCUT2D eigenvalue weighted by Crippen LogP contribution is -2.35. The van der Waals surface area contributed by atoms with Gasteiger partial charge < -0.3 is 5.73 Å². The maximum atomic E-state index is 13.3. The maximum Gasteiger partial charge on any atom is 0.218 e. The first kappa shape index (κ1) is 17.9. The Morgan fingerprint density at radius 2 is 2.13 bits per heavy atom. The van der Waals surface area contributed by atoms with Crippen LogP contribution in [-0.4, -0.2) is 49.9 Å². The number of primary amides is 1. The number of carbonyl (C=O) groups excluding carboxylic acids is 1. The molecule has 23 heavy (non-hydrogen) atoms. The fourth-order valence-electron chi connectivity index (χ4n) is 2.97. The third-order valence-electron chi connectivity index (χ3n) is 4.21. The van der Waals surface area contributed by atoms with Crippen molar-refractivity contribution < 1.29 is 17.6 Å². The van der Waals surface area contributed by atoms with Gasteiger partial charge in [0, 0.05) is 19.0 Å². The van der Waals surface area contributed by atoms with E-state index in [0.29, 0.717) is 6.54 Å². The lowest BCUT2D eigenvalue weighted by molar-refractivity contribution is -0.117. The number of benzene rings is 1. The summed E-state index contributed by atoms with van der Waals surface area (Å²) in [6, 6.07) is 6.77. The van der Waals surface area contributed by atoms with Crippen LogP contribution in [0.2, 0.25) is 0 Å². The molecule has 1 aliphatic heterocycles. The van der Waals surface area contributed by atoms with Crippen molar-refractivity contribution in [1.29, 1.82) is 0 Å². The molecule has 1 aromatic rings. The number of halogens is 1. The molecule has 1 amide bonds. The number of nitrogens with zero attached hydrogens (tertiary/aromatic N) is 1. The Hall–Kier alpha value is -1.47. The Morgan fingerprint density at radius 1 is 1.35 bits per heavy atom. The summed E-state index contributed by atoms with van der Waals surface area (Å²) in [4.78, 5) is 12.9. The first-order valence-electron chi connectivity index (χ1n) is 7.83. The van der Waals surface area contributed by atoms with E-state index >= 15 is 0 Å². The third kappa shape index (κ3) is 5.91. The van der Waals surface area contributed by atoms with E-state index in [9.17, 15) is 17.6 Å². The highest BCUT2D eigenvalue weighted by molar-refractivity contribution is 7.91. The van der Waals surface area contributed by atoms with Gasteiger partial charge in [-0.2, -0.15) is 0 Å². The summed E-state index contributed by atoms with van der Waals surface area (Å²) in [6.45, 7) is 1.30. The number of likely N-dealkylation sites (tertiary alicyclic amines) is 1. The zero-order chi connectivity index (χ0) is 16.9. The first-order chi connectivity index (χ1) is 10.9. The number of carbonyl (C=O) groups is 1. The first-order valence-corrected chi connectivity index (χ1v) is 9.65. The van der Waals surface area contributed by atoms with Crippen molar-refractivity contribution >= 4 is 15.7 Å². The standard InChI is InChI=1S/C16H23FN2O3S/c17-14-4-1-3-13(11-14)12-15-5-2-7-19(15)8-10-23(21,22)9-6-16(18)20/h1,3-4,11,15H,2,5-10,12H2,(H2,18,20)/t15-/m0/s1. The van der Waals surface area contributed by atoms with Crippen LogP contribution in [0.1, 0.15) is 24.8 Å². The summed E-state index contributed by atoms with van der Waals surface area (Å²) < 4.78 is 37.1. The van der Waals surface area contributed by atoms with Crippen molar-refractivity contribution in [3.63, 3.8) is 0 Å². The second-order valence-electron chi connectivity index (χ2n) is 6.03. The van der Waals surface area contributed by atoms with Crippen molar-refractivity contribution in [2.75, 3.05) is 24.6 Å². The summed E-state index contributed by atoms with van der Waals surface area (Å²) in [5, 5.41) is 0. The lowest BCUT2D eigenvalue weighted by atomic mass is 10.0. The topological polar surface area (TPSA) is 80.5 Å². The Morgan fingerprint density at radius 3 is 2.83 bits per heavy atom. The molecule has 0 spiro atoms. The van der Waals surface area contributed by atoms with Crippen LogP contribution < -0.4 is 5.73 Å². The zero-order valence-corrected chi connectivity index (χ0v) is 13.9. The van der Waals surface area contributed by atoms with Crippen LogP contribution >= 0.6 is 0 Å². The fraction of sp³-hybridized carbons (Fsp3) is 0.562. The second-order valence-corrected chi connectivity index (χ2v) is 8.34. The summed E-state index contributed by atoms with van der Waals surface area (Å²) in [7, 11) is -3.27. The van der Waals surface area contributed by atoms with Crippen LogP contribution in [0.3, 0.4) is 0 Å². The van der Waals surface area contributed by atoms with Crippen LogP contribution in [-0.2, 0) is 21.1 Å². The van der Waals surface area contributed by atoms with Gasteiger partial charge in [0.15, 0.2) is 9.84 Å². The molecule has 1 fully saturated rings. The largest absolute Gasteiger partial charge is 0.370 e. The molecule has 1 aliphatic rings. The SMILES string of the molecule is NC(=O)CCS(=O)(=O)CCN1CCC[C@H]1Cc1cccc(F)c1. The number of amides is 1. The molecule has 0 aromatic heterocycles. The summed E-state index contributed by atoms with van der Waals surface area (Å²) in [5.74, 6) is -1.01. The molecule has 0 unspecified atom stereocenters. The van der Waals surface area contributed by atoms with Crippen LogP contribution in [0.15, 0.2) is 24.3 Å². The van der Waals surface area contributed by atoms with Gasteiger partial charge in [0.05, 0.1) is 11.5 Å². The van der Waals surface area contributed by atoms with Crippen LogP contribution in [0.25, 0.3) is 0 Å². The maximum absolute atomic E-state index is 13.3. The van der Waals surface area contributed by atoms with E-state index in [0.717, 1.165) is 31.4 Å². The van der Waals surface area contributed by atoms with E-state index in [1.165, 1.54) is 12.1 Å². The third-order valence-corrected chi connectivity index (χ3v) is 5.84. The molecule has 1 saturated heterocycles. The van der Waals surface area contributed by atoms with Gasteiger partial charge in [0.2, 0.25) is 5.91 Å². The average molecular weight is 342 g/mol. The Kier molecular flexibility index (Phi) is 6.12. The summed E-state index contributed by atoms with van der Waals surface area (Å²) in [6.07, 6.45) is 2.59. The molecule has 0 radical (unpaired) electrons. The van der Waals surface area contributed by atoms with E-state index in [1.54, 1.807) is 6.07 Å². The molecular formula is C16H23FN2O3S. The van der Waals surface area contributed by atoms with Gasteiger partial charge in [-0.3, -0.25) is 9.69 Å². The predicted octanol–water partition coefficient (Wildman–Crippen LogP) is 1.12. The van der Waals surface area contributed by atoms with Gasteiger partial charge in [-0.05, 0) is 43.5 Å². The van der Waals surface area contributed by atoms with E-state index in [2.05, 4.69) is 4.90 Å². The molecule has 0 saturated carbocycles. The van der Waals surface area contributed by atoms with E-state index < -0.39 is 15.7 Å². The lowest BCUT2D eigenvalue weighted by Gasteiger charge is -2.24. The van der Waals surface area contributed by atoms with Crippen molar-refractivity contribution in [1.82, 2.24) is 4.90 Å². The highest BCUT2D eigenvalue weighted by Gasteiger charge is 2.26. The molecule has 2 N–H and O–H groups in total. The van der Waals surface area contributed by atoms with Crippen molar-refractivity contribution in [2.45, 2.75) is 31.7 Å². The molecule has 128 valence electrons. The molecule has 0 bridgehead atoms. The Bertz CT molecular complexity index is 648. The van der Waals surface area contributed by atoms with Gasteiger partial charge in [-0.25, -0.2) is 12.8 Å². The van der Waals surface area contributed by atoms with Crippen molar-refractivity contribution in [3.8, 4) is 0 Å². The summed E-state index contributed by atoms with van der Waals surface area (Å²) in [5.41, 5.74) is 5.92. The second kappa shape index (κ2) is 7.88. The molecule has 1 aromatic carbocycles. The van der Waals surface area contributed by atoms with Gasteiger partial charge in [-0.1, -0.05) is 12.1 Å². The zero-order valence-electron chi connectivity index (χ0n) is 13.1. The number of nitrogens with two attached hydrogens (primary N) is 1. The molecule has 1 atom stereocenters. The summed E-state index contributed by atoms with van der Waals surface area (Å²) >= 11 is 0. The average Bonchev–Trinajstić information content (AvgIpc) is 2.91. The van der Waals surface area contributed by atoms with E-state index in [1.807, 2.05) is 6.07 Å². The number of hydrogen-bond acceptors (Lipinski definition) is 4. The van der Waals surface area contributed by atoms with Crippen LogP contribution in [0, 0.1) is 5.82 Å². The van der Waals surface area contributed by atoms with E-state index in [4.69, 9.17) is 5.73 Å². The predicted molar refractivity (Wildman–Crippen MR) is 87.2 cm³/mol. The molecule has 7 heteroatoms. The van der Waals surface area contributed by atoms with Crippen molar-refractivity contribution in [2.24, 2.45) is 5.73 Å².